The van der Waals surface area contributed by atoms with Gasteiger partial charge < -0.3 is 4.98 Å². The van der Waals surface area contributed by atoms with Crippen LogP contribution >= 0.6 is 0 Å². The minimum Gasteiger partial charge on any atom is -0.345 e. The fourth-order valence-corrected chi connectivity index (χ4v) is 6.11. The fraction of sp³-hybridized carbons (Fsp3) is 0.409. The van der Waals surface area contributed by atoms with E-state index in [0.717, 1.165) is 35.4 Å². The summed E-state index contributed by atoms with van der Waals surface area (Å²) in [5.74, 6) is 1.44. The average molecular weight is 439 g/mol. The average Bonchev–Trinajstić information content (AvgIpc) is 3.45. The maximum absolute atomic E-state index is 12.7. The molecule has 0 aliphatic heterocycles. The maximum Gasteiger partial charge on any atom is 0.211 e. The number of rotatable bonds is 7. The number of hydrogen-bond acceptors (Lipinski definition) is 5. The van der Waals surface area contributed by atoms with Crippen molar-refractivity contribution < 1.29 is 8.42 Å². The van der Waals surface area contributed by atoms with Gasteiger partial charge in [0.25, 0.3) is 0 Å². The van der Waals surface area contributed by atoms with Gasteiger partial charge in [0.05, 0.1) is 17.5 Å². The highest BCUT2D eigenvalue weighted by Crippen LogP contribution is 2.39. The van der Waals surface area contributed by atoms with Crippen LogP contribution in [0.15, 0.2) is 48.8 Å². The van der Waals surface area contributed by atoms with E-state index in [2.05, 4.69) is 31.8 Å². The molecular formula is C22H26N6O2S. The Labute approximate surface area is 181 Å². The zero-order valence-electron chi connectivity index (χ0n) is 17.4. The van der Waals surface area contributed by atoms with Crippen molar-refractivity contribution in [2.45, 2.75) is 44.6 Å². The van der Waals surface area contributed by atoms with Crippen molar-refractivity contribution in [3.63, 3.8) is 0 Å². The SMILES string of the molecule is C[C@@H]1CC(NS(=O)(=O)CCCc2ccccc2)C[C@@H]1c1nnc2cnc3[nH]ccc3n12. The first-order valence-electron chi connectivity index (χ1n) is 10.7. The van der Waals surface area contributed by atoms with E-state index in [1.54, 1.807) is 6.20 Å². The predicted octanol–water partition coefficient (Wildman–Crippen LogP) is 3.04. The quantitative estimate of drug-likeness (QED) is 0.461. The van der Waals surface area contributed by atoms with Crippen LogP contribution in [0.25, 0.3) is 16.8 Å². The van der Waals surface area contributed by atoms with Crippen LogP contribution < -0.4 is 4.72 Å². The number of benzene rings is 1. The highest BCUT2D eigenvalue weighted by Gasteiger charge is 2.37. The number of aryl methyl sites for hydroxylation is 1. The van der Waals surface area contributed by atoms with Gasteiger partial charge in [0, 0.05) is 18.2 Å². The lowest BCUT2D eigenvalue weighted by Gasteiger charge is -2.14. The summed E-state index contributed by atoms with van der Waals surface area (Å²) in [5, 5.41) is 8.75. The molecule has 1 saturated carbocycles. The van der Waals surface area contributed by atoms with Gasteiger partial charge >= 0.3 is 0 Å². The van der Waals surface area contributed by atoms with Crippen molar-refractivity contribution >= 4 is 26.8 Å². The van der Waals surface area contributed by atoms with Gasteiger partial charge in [-0.25, -0.2) is 18.1 Å². The van der Waals surface area contributed by atoms with Gasteiger partial charge in [0.2, 0.25) is 10.0 Å². The summed E-state index contributed by atoms with van der Waals surface area (Å²) < 4.78 is 30.3. The van der Waals surface area contributed by atoms with E-state index >= 15 is 0 Å². The van der Waals surface area contributed by atoms with Crippen molar-refractivity contribution in [2.24, 2.45) is 5.92 Å². The van der Waals surface area contributed by atoms with Crippen molar-refractivity contribution in [2.75, 3.05) is 5.75 Å². The number of sulfonamides is 1. The molecule has 1 aliphatic rings. The molecular weight excluding hydrogens is 412 g/mol. The Morgan fingerprint density at radius 1 is 1.16 bits per heavy atom. The molecule has 0 saturated heterocycles. The van der Waals surface area contributed by atoms with Crippen LogP contribution in [-0.2, 0) is 16.4 Å². The van der Waals surface area contributed by atoms with E-state index in [1.165, 1.54) is 0 Å². The summed E-state index contributed by atoms with van der Waals surface area (Å²) in [6.45, 7) is 2.16. The highest BCUT2D eigenvalue weighted by atomic mass is 32.2. The molecule has 3 atom stereocenters. The molecule has 2 N–H and O–H groups in total. The molecule has 0 bridgehead atoms. The lowest BCUT2D eigenvalue weighted by atomic mass is 9.97. The third-order valence-electron chi connectivity index (χ3n) is 6.25. The molecule has 162 valence electrons. The Balaban J connectivity index is 1.27. The van der Waals surface area contributed by atoms with Crippen molar-refractivity contribution in [3.05, 3.63) is 60.2 Å². The van der Waals surface area contributed by atoms with E-state index in [4.69, 9.17) is 0 Å². The molecule has 1 aromatic carbocycles. The van der Waals surface area contributed by atoms with Gasteiger partial charge in [0.15, 0.2) is 11.3 Å². The third kappa shape index (κ3) is 4.07. The molecule has 31 heavy (non-hydrogen) atoms. The van der Waals surface area contributed by atoms with Crippen LogP contribution in [0.1, 0.15) is 43.5 Å². The first kappa shape index (κ1) is 20.1. The minimum absolute atomic E-state index is 0.0855. The number of hydrogen-bond donors (Lipinski definition) is 2. The molecule has 1 fully saturated rings. The second kappa shape index (κ2) is 8.05. The third-order valence-corrected chi connectivity index (χ3v) is 7.77. The Hall–Kier alpha value is -2.78. The predicted molar refractivity (Wildman–Crippen MR) is 119 cm³/mol. The lowest BCUT2D eigenvalue weighted by molar-refractivity contribution is 0.505. The molecule has 1 aliphatic carbocycles. The number of H-pyrrole nitrogens is 1. The van der Waals surface area contributed by atoms with Crippen LogP contribution in [0.3, 0.4) is 0 Å². The Morgan fingerprint density at radius 2 is 2.00 bits per heavy atom. The van der Waals surface area contributed by atoms with Crippen LogP contribution in [0.4, 0.5) is 0 Å². The smallest absolute Gasteiger partial charge is 0.211 e. The highest BCUT2D eigenvalue weighted by molar-refractivity contribution is 7.89. The summed E-state index contributed by atoms with van der Waals surface area (Å²) in [6.07, 6.45) is 6.44. The molecule has 0 spiro atoms. The molecule has 4 aromatic rings. The van der Waals surface area contributed by atoms with E-state index < -0.39 is 10.0 Å². The normalized spacial score (nSPS) is 21.9. The monoisotopic (exact) mass is 438 g/mol. The number of aromatic nitrogens is 5. The molecule has 5 rings (SSSR count). The van der Waals surface area contributed by atoms with E-state index in [9.17, 15) is 8.42 Å². The van der Waals surface area contributed by atoms with Crippen LogP contribution in [-0.4, -0.2) is 44.8 Å². The number of fused-ring (bicyclic) bond motifs is 3. The van der Waals surface area contributed by atoms with Crippen LogP contribution in [0, 0.1) is 5.92 Å². The Bertz CT molecular complexity index is 1300. The molecule has 8 nitrogen and oxygen atoms in total. The lowest BCUT2D eigenvalue weighted by Crippen LogP contribution is -2.35. The summed E-state index contributed by atoms with van der Waals surface area (Å²) in [7, 11) is -3.33. The zero-order valence-corrected chi connectivity index (χ0v) is 18.2. The first-order valence-corrected chi connectivity index (χ1v) is 12.4. The summed E-state index contributed by atoms with van der Waals surface area (Å²) in [5.41, 5.74) is 3.60. The van der Waals surface area contributed by atoms with Crippen LogP contribution in [0.5, 0.6) is 0 Å². The maximum atomic E-state index is 12.7. The van der Waals surface area contributed by atoms with Gasteiger partial charge in [-0.15, -0.1) is 10.2 Å². The molecule has 0 amide bonds. The largest absolute Gasteiger partial charge is 0.345 e. The Kier molecular flexibility index (Phi) is 5.23. The van der Waals surface area contributed by atoms with Crippen molar-refractivity contribution in [3.8, 4) is 0 Å². The number of nitrogens with one attached hydrogen (secondary N) is 2. The Morgan fingerprint density at radius 3 is 2.84 bits per heavy atom. The van der Waals surface area contributed by atoms with Crippen LogP contribution in [0.2, 0.25) is 0 Å². The molecule has 3 heterocycles. The summed E-state index contributed by atoms with van der Waals surface area (Å²) in [4.78, 5) is 7.49. The molecule has 1 unspecified atom stereocenters. The van der Waals surface area contributed by atoms with E-state index in [-0.39, 0.29) is 17.7 Å². The molecule has 3 aromatic heterocycles. The fourth-order valence-electron chi connectivity index (χ4n) is 4.77. The van der Waals surface area contributed by atoms with Gasteiger partial charge in [-0.2, -0.15) is 0 Å². The minimum atomic E-state index is -3.33. The van der Waals surface area contributed by atoms with Gasteiger partial charge in [-0.3, -0.25) is 4.40 Å². The molecule has 9 heteroatoms. The topological polar surface area (TPSA) is 105 Å². The van der Waals surface area contributed by atoms with E-state index in [1.807, 2.05) is 47.0 Å². The van der Waals surface area contributed by atoms with Gasteiger partial charge in [0.1, 0.15) is 5.82 Å². The second-order valence-electron chi connectivity index (χ2n) is 8.50. The second-order valence-corrected chi connectivity index (χ2v) is 10.4. The first-order chi connectivity index (χ1) is 15.0. The van der Waals surface area contributed by atoms with Gasteiger partial charge in [-0.05, 0) is 43.2 Å². The summed E-state index contributed by atoms with van der Waals surface area (Å²) in [6, 6.07) is 11.9. The standard InChI is InChI=1S/C22H26N6O2S/c1-15-12-17(27-31(29,30)11-5-8-16-6-3-2-4-7-16)13-18(15)22-26-25-20-14-24-21-19(28(20)22)9-10-23-21/h2-4,6-7,9-10,14-15,17-18,23,27H,5,8,11-13H2,1H3/t15-,17?,18+/m1/s1. The van der Waals surface area contributed by atoms with E-state index in [0.29, 0.717) is 24.4 Å². The number of aromatic amines is 1. The van der Waals surface area contributed by atoms with Crippen molar-refractivity contribution in [1.29, 1.82) is 0 Å². The number of nitrogens with zero attached hydrogens (tertiary/aromatic N) is 4. The zero-order chi connectivity index (χ0) is 21.4. The molecule has 0 radical (unpaired) electrons. The van der Waals surface area contributed by atoms with Crippen molar-refractivity contribution in [1.82, 2.24) is 29.3 Å². The summed E-state index contributed by atoms with van der Waals surface area (Å²) >= 11 is 0. The van der Waals surface area contributed by atoms with Gasteiger partial charge in [-0.1, -0.05) is 37.3 Å².